The molecule has 0 bridgehead atoms. The summed E-state index contributed by atoms with van der Waals surface area (Å²) in [5.41, 5.74) is 3.89. The highest BCUT2D eigenvalue weighted by Crippen LogP contribution is 2.33. The van der Waals surface area contributed by atoms with E-state index in [1.165, 1.54) is 5.56 Å². The Morgan fingerprint density at radius 3 is 2.78 bits per heavy atom. The van der Waals surface area contributed by atoms with Crippen molar-refractivity contribution in [2.24, 2.45) is 0 Å². The maximum absolute atomic E-state index is 13.3. The van der Waals surface area contributed by atoms with E-state index in [0.29, 0.717) is 22.3 Å². The summed E-state index contributed by atoms with van der Waals surface area (Å²) in [7, 11) is 0. The molecule has 1 atom stereocenters. The third-order valence-corrected chi connectivity index (χ3v) is 6.07. The Labute approximate surface area is 167 Å². The fourth-order valence-electron chi connectivity index (χ4n) is 3.46. The summed E-state index contributed by atoms with van der Waals surface area (Å²) in [4.78, 5) is 19.8. The number of aromatic nitrogens is 1. The van der Waals surface area contributed by atoms with E-state index in [1.807, 2.05) is 0 Å². The molecule has 1 aliphatic heterocycles. The smallest absolute Gasteiger partial charge is 0.260 e. The highest BCUT2D eigenvalue weighted by Gasteiger charge is 2.27. The topological polar surface area (TPSA) is 42.4 Å². The van der Waals surface area contributed by atoms with Crippen molar-refractivity contribution in [3.8, 4) is 0 Å². The van der Waals surface area contributed by atoms with Gasteiger partial charge in [0.1, 0.15) is 0 Å². The Balaban J connectivity index is 1.74. The Hall–Kier alpha value is -1.95. The number of rotatable bonds is 4. The maximum atomic E-state index is 13.3. The van der Waals surface area contributed by atoms with E-state index in [2.05, 4.69) is 26.0 Å². The molecule has 3 aromatic rings. The van der Waals surface area contributed by atoms with Crippen molar-refractivity contribution in [3.63, 3.8) is 0 Å². The monoisotopic (exact) mass is 400 g/mol. The molecule has 2 heterocycles. The van der Waals surface area contributed by atoms with E-state index in [4.69, 9.17) is 21.3 Å². The minimum absolute atomic E-state index is 0.0519. The van der Waals surface area contributed by atoms with Gasteiger partial charge < -0.3 is 4.74 Å². The van der Waals surface area contributed by atoms with Crippen LogP contribution in [0.3, 0.4) is 0 Å². The molecular weight excluding hydrogens is 380 g/mol. The molecule has 1 aromatic heterocycles. The summed E-state index contributed by atoms with van der Waals surface area (Å²) in [5.74, 6) is -0.0735. The van der Waals surface area contributed by atoms with Crippen molar-refractivity contribution in [1.29, 1.82) is 0 Å². The summed E-state index contributed by atoms with van der Waals surface area (Å²) in [6, 6.07) is 11.2. The first-order valence-corrected chi connectivity index (χ1v) is 10.3. The quantitative estimate of drug-likeness (QED) is 0.589. The van der Waals surface area contributed by atoms with E-state index in [9.17, 15) is 4.79 Å². The Kier molecular flexibility index (Phi) is 5.17. The lowest BCUT2D eigenvalue weighted by atomic mass is 10.1. The number of halogens is 1. The lowest BCUT2D eigenvalue weighted by Crippen LogP contribution is -2.37. The van der Waals surface area contributed by atoms with Crippen LogP contribution >= 0.6 is 22.9 Å². The van der Waals surface area contributed by atoms with Gasteiger partial charge in [-0.15, -0.1) is 0 Å². The van der Waals surface area contributed by atoms with Crippen LogP contribution in [0.5, 0.6) is 0 Å². The number of ether oxygens (including phenoxy) is 1. The predicted molar refractivity (Wildman–Crippen MR) is 111 cm³/mol. The van der Waals surface area contributed by atoms with Gasteiger partial charge in [-0.2, -0.15) is 0 Å². The summed E-state index contributed by atoms with van der Waals surface area (Å²) in [5, 5.41) is 1.33. The van der Waals surface area contributed by atoms with Crippen molar-refractivity contribution in [2.45, 2.75) is 32.8 Å². The Morgan fingerprint density at radius 2 is 2.07 bits per heavy atom. The van der Waals surface area contributed by atoms with E-state index in [0.717, 1.165) is 35.2 Å². The van der Waals surface area contributed by atoms with Crippen LogP contribution in [0.4, 0.5) is 5.13 Å². The zero-order valence-corrected chi connectivity index (χ0v) is 16.9. The zero-order chi connectivity index (χ0) is 19.0. The van der Waals surface area contributed by atoms with Crippen LogP contribution in [0.2, 0.25) is 5.02 Å². The first-order chi connectivity index (χ1) is 13.0. The van der Waals surface area contributed by atoms with Crippen LogP contribution in [-0.4, -0.2) is 30.1 Å². The number of aryl methyl sites for hydroxylation is 2. The number of fused-ring (bicyclic) bond motifs is 1. The molecule has 1 aliphatic rings. The molecule has 2 aromatic carbocycles. The molecule has 6 heteroatoms. The zero-order valence-electron chi connectivity index (χ0n) is 15.4. The normalized spacial score (nSPS) is 16.8. The molecule has 1 saturated heterocycles. The molecule has 1 amide bonds. The summed E-state index contributed by atoms with van der Waals surface area (Å²) < 4.78 is 6.89. The molecule has 1 unspecified atom stereocenters. The molecule has 4 rings (SSSR count). The highest BCUT2D eigenvalue weighted by atomic mass is 35.5. The van der Waals surface area contributed by atoms with Gasteiger partial charge >= 0.3 is 0 Å². The van der Waals surface area contributed by atoms with Crippen molar-refractivity contribution in [1.82, 2.24) is 4.98 Å². The van der Waals surface area contributed by atoms with Gasteiger partial charge in [0.25, 0.3) is 5.91 Å². The summed E-state index contributed by atoms with van der Waals surface area (Å²) in [6.45, 7) is 5.41. The number of anilines is 1. The van der Waals surface area contributed by atoms with Gasteiger partial charge in [0, 0.05) is 17.2 Å². The minimum atomic E-state index is -0.0735. The number of hydrogen-bond acceptors (Lipinski definition) is 4. The molecule has 27 heavy (non-hydrogen) atoms. The fraction of sp³-hybridized carbons (Fsp3) is 0.333. The van der Waals surface area contributed by atoms with Gasteiger partial charge in [-0.25, -0.2) is 4.98 Å². The SMILES string of the molecule is Cc1cc(C)c2nc(N(CC3CCCO3)C(=O)c3ccc(Cl)cc3)sc2c1. The molecule has 0 radical (unpaired) electrons. The number of carbonyl (C=O) groups excluding carboxylic acids is 1. The molecule has 0 aliphatic carbocycles. The molecule has 4 nitrogen and oxygen atoms in total. The summed E-state index contributed by atoms with van der Waals surface area (Å²) in [6.07, 6.45) is 2.05. The number of amides is 1. The maximum Gasteiger partial charge on any atom is 0.260 e. The number of thiazole rings is 1. The van der Waals surface area contributed by atoms with Gasteiger partial charge in [0.2, 0.25) is 0 Å². The number of carbonyl (C=O) groups is 1. The van der Waals surface area contributed by atoms with E-state index in [1.54, 1.807) is 40.5 Å². The average Bonchev–Trinajstić information content (AvgIpc) is 3.29. The van der Waals surface area contributed by atoms with E-state index in [-0.39, 0.29) is 12.0 Å². The van der Waals surface area contributed by atoms with Crippen LogP contribution in [0.1, 0.15) is 34.3 Å². The Morgan fingerprint density at radius 1 is 1.30 bits per heavy atom. The van der Waals surface area contributed by atoms with Crippen molar-refractivity contribution in [2.75, 3.05) is 18.1 Å². The number of benzene rings is 2. The standard InChI is InChI=1S/C21H21ClN2O2S/c1-13-10-14(2)19-18(11-13)27-21(23-19)24(12-17-4-3-9-26-17)20(25)15-5-7-16(22)8-6-15/h5-8,10-11,17H,3-4,9,12H2,1-2H3. The van der Waals surface area contributed by atoms with Gasteiger partial charge in [-0.1, -0.05) is 29.0 Å². The lowest BCUT2D eigenvalue weighted by molar-refractivity contribution is 0.0917. The number of hydrogen-bond donors (Lipinski definition) is 0. The van der Waals surface area contributed by atoms with Gasteiger partial charge in [0.05, 0.1) is 22.9 Å². The fourth-order valence-corrected chi connectivity index (χ4v) is 4.74. The molecule has 0 N–H and O–H groups in total. The van der Waals surface area contributed by atoms with Gasteiger partial charge in [-0.05, 0) is 68.1 Å². The second-order valence-electron chi connectivity index (χ2n) is 6.98. The van der Waals surface area contributed by atoms with Crippen molar-refractivity contribution >= 4 is 44.2 Å². The highest BCUT2D eigenvalue weighted by molar-refractivity contribution is 7.22. The minimum Gasteiger partial charge on any atom is -0.376 e. The van der Waals surface area contributed by atoms with E-state index < -0.39 is 0 Å². The third kappa shape index (κ3) is 3.86. The Bertz CT molecular complexity index is 978. The lowest BCUT2D eigenvalue weighted by Gasteiger charge is -2.23. The largest absolute Gasteiger partial charge is 0.376 e. The number of nitrogens with zero attached hydrogens (tertiary/aromatic N) is 2. The van der Waals surface area contributed by atoms with Gasteiger partial charge in [0.15, 0.2) is 5.13 Å². The van der Waals surface area contributed by atoms with E-state index >= 15 is 0 Å². The predicted octanol–water partition coefficient (Wildman–Crippen LogP) is 5.39. The second-order valence-corrected chi connectivity index (χ2v) is 8.43. The molecular formula is C21H21ClN2O2S. The first kappa shape index (κ1) is 18.4. The summed E-state index contributed by atoms with van der Waals surface area (Å²) >= 11 is 7.54. The van der Waals surface area contributed by atoms with Crippen LogP contribution in [0, 0.1) is 13.8 Å². The van der Waals surface area contributed by atoms with Crippen LogP contribution in [0.15, 0.2) is 36.4 Å². The van der Waals surface area contributed by atoms with Crippen LogP contribution in [-0.2, 0) is 4.74 Å². The molecule has 0 saturated carbocycles. The second kappa shape index (κ2) is 7.58. The molecule has 140 valence electrons. The first-order valence-electron chi connectivity index (χ1n) is 9.08. The van der Waals surface area contributed by atoms with Crippen LogP contribution in [0.25, 0.3) is 10.2 Å². The van der Waals surface area contributed by atoms with Crippen molar-refractivity contribution in [3.05, 3.63) is 58.1 Å². The average molecular weight is 401 g/mol. The van der Waals surface area contributed by atoms with Gasteiger partial charge in [-0.3, -0.25) is 9.69 Å². The van der Waals surface area contributed by atoms with Crippen molar-refractivity contribution < 1.29 is 9.53 Å². The molecule has 0 spiro atoms. The third-order valence-electron chi connectivity index (χ3n) is 4.80. The molecule has 1 fully saturated rings. The van der Waals surface area contributed by atoms with Crippen LogP contribution < -0.4 is 4.90 Å².